The zero-order valence-electron chi connectivity index (χ0n) is 6.93. The predicted molar refractivity (Wildman–Crippen MR) is 43.8 cm³/mol. The van der Waals surface area contributed by atoms with Crippen molar-refractivity contribution in [2.45, 2.75) is 6.18 Å². The van der Waals surface area contributed by atoms with Gasteiger partial charge in [-0.2, -0.15) is 13.2 Å². The van der Waals surface area contributed by atoms with Crippen LogP contribution in [0.4, 0.5) is 13.2 Å². The van der Waals surface area contributed by atoms with Crippen LogP contribution in [0.25, 0.3) is 0 Å². The number of rotatable bonds is 3. The second kappa shape index (κ2) is 4.59. The van der Waals surface area contributed by atoms with E-state index in [-0.39, 0.29) is 12.0 Å². The Bertz CT molecular complexity index is 263. The number of hydrogen-bond donors (Lipinski definition) is 0. The van der Waals surface area contributed by atoms with E-state index in [4.69, 9.17) is 0 Å². The van der Waals surface area contributed by atoms with Gasteiger partial charge in [0.15, 0.2) is 6.29 Å². The van der Waals surface area contributed by atoms with Gasteiger partial charge in [-0.3, -0.25) is 9.79 Å². The molecule has 13 heavy (non-hydrogen) atoms. The average Bonchev–Trinajstić information content (AvgIpc) is 2.04. The van der Waals surface area contributed by atoms with Crippen LogP contribution in [0.5, 0.6) is 0 Å². The van der Waals surface area contributed by atoms with Crippen molar-refractivity contribution >= 4 is 12.0 Å². The van der Waals surface area contributed by atoms with Crippen LogP contribution in [-0.4, -0.2) is 25.2 Å². The number of alkyl halides is 3. The van der Waals surface area contributed by atoms with Crippen LogP contribution in [0.2, 0.25) is 0 Å². The summed E-state index contributed by atoms with van der Waals surface area (Å²) >= 11 is 0. The maximum Gasteiger partial charge on any atom is 0.416 e. The van der Waals surface area contributed by atoms with E-state index >= 15 is 0 Å². The second-order valence-electron chi connectivity index (χ2n) is 2.07. The third kappa shape index (κ3) is 3.68. The summed E-state index contributed by atoms with van der Waals surface area (Å²) in [6.45, 7) is 2.99. The van der Waals surface area contributed by atoms with Gasteiger partial charge in [-0.15, -0.1) is 0 Å². The number of allylic oxidation sites excluding steroid dienone is 3. The molecule has 0 amide bonds. The van der Waals surface area contributed by atoms with Crippen molar-refractivity contribution in [3.05, 3.63) is 24.3 Å². The summed E-state index contributed by atoms with van der Waals surface area (Å²) in [6, 6.07) is 0. The van der Waals surface area contributed by atoms with Gasteiger partial charge in [0.2, 0.25) is 0 Å². The van der Waals surface area contributed by atoms with Crippen LogP contribution >= 0.6 is 0 Å². The number of carbonyl (C=O) groups excluding carboxylic acids is 1. The van der Waals surface area contributed by atoms with Crippen molar-refractivity contribution in [2.24, 2.45) is 4.99 Å². The van der Waals surface area contributed by atoms with E-state index in [0.717, 1.165) is 0 Å². The molecule has 0 saturated heterocycles. The van der Waals surface area contributed by atoms with Crippen LogP contribution in [0.1, 0.15) is 0 Å². The first-order chi connectivity index (χ1) is 5.95. The molecule has 0 heterocycles. The molecule has 0 rings (SSSR count). The fraction of sp³-hybridized carbons (Fsp3) is 0.250. The molecule has 0 atom stereocenters. The van der Waals surface area contributed by atoms with Crippen molar-refractivity contribution in [2.75, 3.05) is 7.05 Å². The Kier molecular flexibility index (Phi) is 4.10. The zero-order chi connectivity index (χ0) is 10.5. The highest BCUT2D eigenvalue weighted by atomic mass is 19.4. The van der Waals surface area contributed by atoms with Crippen molar-refractivity contribution in [1.82, 2.24) is 0 Å². The first-order valence-electron chi connectivity index (χ1n) is 3.29. The lowest BCUT2D eigenvalue weighted by Gasteiger charge is -2.05. The van der Waals surface area contributed by atoms with Gasteiger partial charge in [0.1, 0.15) is 0 Å². The smallest absolute Gasteiger partial charge is 0.296 e. The quantitative estimate of drug-likeness (QED) is 0.380. The van der Waals surface area contributed by atoms with Crippen molar-refractivity contribution in [3.63, 3.8) is 0 Å². The summed E-state index contributed by atoms with van der Waals surface area (Å²) in [5.41, 5.74) is -1.26. The van der Waals surface area contributed by atoms with Crippen LogP contribution in [0.15, 0.2) is 29.3 Å². The summed E-state index contributed by atoms with van der Waals surface area (Å²) in [6.07, 6.45) is -2.98. The molecule has 0 bridgehead atoms. The molecule has 0 aromatic carbocycles. The van der Waals surface area contributed by atoms with Crippen LogP contribution in [-0.2, 0) is 4.79 Å². The number of aldehydes is 1. The van der Waals surface area contributed by atoms with Gasteiger partial charge >= 0.3 is 6.18 Å². The molecule has 5 heteroatoms. The standard InChI is InChI=1S/C8H8F3NO/c1-3-6(8(9,10)11)4-7(5-13)12-2/h3-5H,1H2,2H3/b6-4+,12-7?. The van der Waals surface area contributed by atoms with E-state index in [1.165, 1.54) is 7.05 Å². The molecule has 0 aromatic heterocycles. The molecule has 2 nitrogen and oxygen atoms in total. The average molecular weight is 191 g/mol. The van der Waals surface area contributed by atoms with Gasteiger partial charge in [0.05, 0.1) is 11.3 Å². The fourth-order valence-corrected chi connectivity index (χ4v) is 0.567. The summed E-state index contributed by atoms with van der Waals surface area (Å²) in [7, 11) is 1.23. The fourth-order valence-electron chi connectivity index (χ4n) is 0.567. The summed E-state index contributed by atoms with van der Waals surface area (Å²) < 4.78 is 36.1. The summed E-state index contributed by atoms with van der Waals surface area (Å²) in [5, 5.41) is 0. The van der Waals surface area contributed by atoms with E-state index in [1.54, 1.807) is 0 Å². The van der Waals surface area contributed by atoms with E-state index in [2.05, 4.69) is 11.6 Å². The molecule has 0 unspecified atom stereocenters. The monoisotopic (exact) mass is 191 g/mol. The highest BCUT2D eigenvalue weighted by Gasteiger charge is 2.31. The molecule has 72 valence electrons. The number of carbonyl (C=O) groups is 1. The maximum atomic E-state index is 12.0. The zero-order valence-corrected chi connectivity index (χ0v) is 6.93. The van der Waals surface area contributed by atoms with Crippen molar-refractivity contribution < 1.29 is 18.0 Å². The van der Waals surface area contributed by atoms with Gasteiger partial charge in [-0.05, 0) is 6.08 Å². The molecule has 0 aliphatic rings. The Morgan fingerprint density at radius 2 is 2.00 bits per heavy atom. The molecule has 0 N–H and O–H groups in total. The molecule has 0 fully saturated rings. The molecule has 0 aliphatic carbocycles. The normalized spacial score (nSPS) is 14.2. The van der Waals surface area contributed by atoms with Gasteiger partial charge < -0.3 is 0 Å². The lowest BCUT2D eigenvalue weighted by molar-refractivity contribution is -0.102. The second-order valence-corrected chi connectivity index (χ2v) is 2.07. The van der Waals surface area contributed by atoms with Crippen LogP contribution in [0.3, 0.4) is 0 Å². The largest absolute Gasteiger partial charge is 0.416 e. The highest BCUT2D eigenvalue weighted by molar-refractivity contribution is 6.34. The minimum absolute atomic E-state index is 0.245. The number of aliphatic imine (C=N–C) groups is 1. The first-order valence-corrected chi connectivity index (χ1v) is 3.29. The SMILES string of the molecule is C=C/C(=C\C(C=O)=NC)C(F)(F)F. The van der Waals surface area contributed by atoms with Gasteiger partial charge in [-0.1, -0.05) is 12.7 Å². The first kappa shape index (κ1) is 11.6. The Morgan fingerprint density at radius 1 is 1.46 bits per heavy atom. The summed E-state index contributed by atoms with van der Waals surface area (Å²) in [5.74, 6) is 0. The third-order valence-corrected chi connectivity index (χ3v) is 1.23. The Labute approximate surface area is 73.5 Å². The Hall–Kier alpha value is -1.39. The molecule has 0 saturated carbocycles. The Balaban J connectivity index is 4.98. The lowest BCUT2D eigenvalue weighted by Crippen LogP contribution is -2.12. The highest BCUT2D eigenvalue weighted by Crippen LogP contribution is 2.25. The number of halogens is 3. The predicted octanol–water partition coefficient (Wildman–Crippen LogP) is 1.93. The van der Waals surface area contributed by atoms with E-state index in [0.29, 0.717) is 12.2 Å². The lowest BCUT2D eigenvalue weighted by atomic mass is 10.2. The minimum atomic E-state index is -4.50. The van der Waals surface area contributed by atoms with E-state index in [1.807, 2.05) is 0 Å². The van der Waals surface area contributed by atoms with Crippen molar-refractivity contribution in [3.8, 4) is 0 Å². The van der Waals surface area contributed by atoms with Gasteiger partial charge in [0, 0.05) is 7.05 Å². The van der Waals surface area contributed by atoms with E-state index in [9.17, 15) is 18.0 Å². The maximum absolute atomic E-state index is 12.0. The van der Waals surface area contributed by atoms with Crippen LogP contribution in [0, 0.1) is 0 Å². The Morgan fingerprint density at radius 3 is 2.23 bits per heavy atom. The topological polar surface area (TPSA) is 29.4 Å². The van der Waals surface area contributed by atoms with Gasteiger partial charge in [0.25, 0.3) is 0 Å². The third-order valence-electron chi connectivity index (χ3n) is 1.23. The van der Waals surface area contributed by atoms with Crippen molar-refractivity contribution in [1.29, 1.82) is 0 Å². The molecule has 0 aliphatic heterocycles. The molecule has 0 aromatic rings. The van der Waals surface area contributed by atoms with E-state index < -0.39 is 11.7 Å². The number of nitrogens with zero attached hydrogens (tertiary/aromatic N) is 1. The molecular weight excluding hydrogens is 183 g/mol. The molecule has 0 radical (unpaired) electrons. The molecule has 0 spiro atoms. The summed E-state index contributed by atoms with van der Waals surface area (Å²) in [4.78, 5) is 13.5. The molecular formula is C8H8F3NO. The number of hydrogen-bond acceptors (Lipinski definition) is 2. The van der Waals surface area contributed by atoms with Crippen LogP contribution < -0.4 is 0 Å². The van der Waals surface area contributed by atoms with Gasteiger partial charge in [-0.25, -0.2) is 0 Å². The minimum Gasteiger partial charge on any atom is -0.296 e.